The zero-order valence-corrected chi connectivity index (χ0v) is 16.9. The van der Waals surface area contributed by atoms with E-state index in [-0.39, 0.29) is 30.4 Å². The smallest absolute Gasteiger partial charge is 0.329 e. The van der Waals surface area contributed by atoms with Crippen molar-refractivity contribution in [3.05, 3.63) is 28.7 Å². The molecule has 2 unspecified atom stereocenters. The number of rotatable bonds is 3. The van der Waals surface area contributed by atoms with Gasteiger partial charge in [-0.15, -0.1) is 12.4 Å². The summed E-state index contributed by atoms with van der Waals surface area (Å²) in [5, 5.41) is 5.69. The van der Waals surface area contributed by atoms with Gasteiger partial charge in [0.25, 0.3) is 0 Å². The molecule has 0 spiro atoms. The van der Waals surface area contributed by atoms with Gasteiger partial charge in [0, 0.05) is 38.3 Å². The van der Waals surface area contributed by atoms with Crippen molar-refractivity contribution in [2.75, 3.05) is 25.0 Å². The van der Waals surface area contributed by atoms with Crippen molar-refractivity contribution < 1.29 is 9.59 Å². The largest absolute Gasteiger partial charge is 0.370 e. The van der Waals surface area contributed by atoms with Gasteiger partial charge in [-0.25, -0.2) is 4.79 Å². The SMILES string of the molecule is CNC1CCCN(c2ccc3c(c2)n(C)c(=O)n3C2CCC(=O)NC2=O)C1.Cl. The summed E-state index contributed by atoms with van der Waals surface area (Å²) >= 11 is 0. The van der Waals surface area contributed by atoms with Gasteiger partial charge in [0.05, 0.1) is 11.0 Å². The number of imide groups is 1. The zero-order chi connectivity index (χ0) is 19.1. The summed E-state index contributed by atoms with van der Waals surface area (Å²) in [4.78, 5) is 38.9. The summed E-state index contributed by atoms with van der Waals surface area (Å²) in [5.74, 6) is -0.686. The number of hydrogen-bond donors (Lipinski definition) is 2. The molecular formula is C19H26ClN5O3. The molecule has 8 nitrogen and oxygen atoms in total. The Kier molecular flexibility index (Phi) is 5.81. The molecule has 1 aromatic carbocycles. The summed E-state index contributed by atoms with van der Waals surface area (Å²) in [6, 6.07) is 5.78. The van der Waals surface area contributed by atoms with Crippen LogP contribution >= 0.6 is 12.4 Å². The van der Waals surface area contributed by atoms with Gasteiger partial charge >= 0.3 is 5.69 Å². The van der Waals surface area contributed by atoms with E-state index in [4.69, 9.17) is 0 Å². The summed E-state index contributed by atoms with van der Waals surface area (Å²) in [5.41, 5.74) is 2.37. The van der Waals surface area contributed by atoms with Gasteiger partial charge < -0.3 is 10.2 Å². The Labute approximate surface area is 169 Å². The summed E-state index contributed by atoms with van der Waals surface area (Å²) in [6.07, 6.45) is 2.89. The molecule has 0 saturated carbocycles. The maximum Gasteiger partial charge on any atom is 0.329 e. The third-order valence-electron chi connectivity index (χ3n) is 5.79. The van der Waals surface area contributed by atoms with E-state index in [1.54, 1.807) is 11.6 Å². The number of carbonyl (C=O) groups is 2. The van der Waals surface area contributed by atoms with Gasteiger partial charge in [0.2, 0.25) is 11.8 Å². The van der Waals surface area contributed by atoms with Crippen LogP contribution in [-0.2, 0) is 16.6 Å². The normalized spacial score (nSPS) is 22.9. The van der Waals surface area contributed by atoms with E-state index in [0.717, 1.165) is 36.2 Å². The Morgan fingerprint density at radius 2 is 1.93 bits per heavy atom. The standard InChI is InChI=1S/C19H25N5O3.ClH/c1-20-12-4-3-9-23(11-12)13-5-6-14-16(10-13)22(2)19(27)24(14)15-7-8-17(25)21-18(15)26;/h5-6,10,12,15,20H,3-4,7-9,11H2,1-2H3,(H,21,25,26);1H. The molecule has 0 bridgehead atoms. The molecule has 2 aliphatic rings. The van der Waals surface area contributed by atoms with E-state index in [0.29, 0.717) is 12.5 Å². The van der Waals surface area contributed by atoms with Crippen LogP contribution in [0, 0.1) is 0 Å². The molecule has 0 aliphatic carbocycles. The van der Waals surface area contributed by atoms with Crippen LogP contribution in [0.5, 0.6) is 0 Å². The van der Waals surface area contributed by atoms with Crippen LogP contribution in [0.3, 0.4) is 0 Å². The number of amides is 2. The Morgan fingerprint density at radius 1 is 1.14 bits per heavy atom. The van der Waals surface area contributed by atoms with Crippen molar-refractivity contribution in [2.24, 2.45) is 7.05 Å². The number of benzene rings is 1. The Bertz CT molecular complexity index is 966. The topological polar surface area (TPSA) is 88.4 Å². The Balaban J connectivity index is 0.00000225. The minimum Gasteiger partial charge on any atom is -0.370 e. The lowest BCUT2D eigenvalue weighted by Crippen LogP contribution is -2.44. The van der Waals surface area contributed by atoms with Crippen LogP contribution in [0.4, 0.5) is 5.69 Å². The predicted molar refractivity (Wildman–Crippen MR) is 110 cm³/mol. The van der Waals surface area contributed by atoms with Crippen LogP contribution in [0.2, 0.25) is 0 Å². The highest BCUT2D eigenvalue weighted by molar-refractivity contribution is 6.00. The first-order valence-corrected chi connectivity index (χ1v) is 9.46. The molecule has 2 aromatic rings. The fourth-order valence-corrected chi connectivity index (χ4v) is 4.23. The lowest BCUT2D eigenvalue weighted by atomic mass is 10.0. The lowest BCUT2D eigenvalue weighted by Gasteiger charge is -2.34. The number of anilines is 1. The maximum absolute atomic E-state index is 12.8. The molecule has 3 heterocycles. The first kappa shape index (κ1) is 20.4. The van der Waals surface area contributed by atoms with Gasteiger partial charge in [-0.3, -0.25) is 24.0 Å². The lowest BCUT2D eigenvalue weighted by molar-refractivity contribution is -0.135. The predicted octanol–water partition coefficient (Wildman–Crippen LogP) is 0.928. The summed E-state index contributed by atoms with van der Waals surface area (Å²) in [6.45, 7) is 1.93. The highest BCUT2D eigenvalue weighted by atomic mass is 35.5. The number of aromatic nitrogens is 2. The molecule has 152 valence electrons. The molecule has 28 heavy (non-hydrogen) atoms. The molecule has 4 rings (SSSR count). The van der Waals surface area contributed by atoms with E-state index < -0.39 is 11.9 Å². The molecule has 2 aliphatic heterocycles. The van der Waals surface area contributed by atoms with Crippen molar-refractivity contribution in [1.29, 1.82) is 0 Å². The maximum atomic E-state index is 12.8. The third kappa shape index (κ3) is 3.42. The number of halogens is 1. The molecule has 2 fully saturated rings. The minimum absolute atomic E-state index is 0. The van der Waals surface area contributed by atoms with Gasteiger partial charge in [-0.1, -0.05) is 0 Å². The average molecular weight is 408 g/mol. The van der Waals surface area contributed by atoms with Crippen molar-refractivity contribution >= 4 is 40.9 Å². The third-order valence-corrected chi connectivity index (χ3v) is 5.79. The fourth-order valence-electron chi connectivity index (χ4n) is 4.23. The number of nitrogens with one attached hydrogen (secondary N) is 2. The van der Waals surface area contributed by atoms with Crippen LogP contribution < -0.4 is 21.2 Å². The molecule has 1 aromatic heterocycles. The number of hydrogen-bond acceptors (Lipinski definition) is 5. The quantitative estimate of drug-likeness (QED) is 0.739. The highest BCUT2D eigenvalue weighted by Gasteiger charge is 2.31. The average Bonchev–Trinajstić information content (AvgIpc) is 2.92. The Morgan fingerprint density at radius 3 is 2.64 bits per heavy atom. The first-order chi connectivity index (χ1) is 13.0. The number of carbonyl (C=O) groups excluding carboxylic acids is 2. The number of imidazole rings is 1. The van der Waals surface area contributed by atoms with Crippen LogP contribution in [-0.4, -0.2) is 47.1 Å². The number of piperidine rings is 2. The van der Waals surface area contributed by atoms with E-state index in [2.05, 4.69) is 15.5 Å². The number of nitrogens with zero attached hydrogens (tertiary/aromatic N) is 3. The molecule has 2 amide bonds. The monoisotopic (exact) mass is 407 g/mol. The molecule has 2 saturated heterocycles. The molecule has 2 N–H and O–H groups in total. The number of fused-ring (bicyclic) bond motifs is 1. The fraction of sp³-hybridized carbons (Fsp3) is 0.526. The van der Waals surface area contributed by atoms with Crippen molar-refractivity contribution in [2.45, 2.75) is 37.8 Å². The summed E-state index contributed by atoms with van der Waals surface area (Å²) in [7, 11) is 3.71. The second-order valence-electron chi connectivity index (χ2n) is 7.43. The minimum atomic E-state index is -0.645. The van der Waals surface area contributed by atoms with Gasteiger partial charge in [-0.05, 0) is 44.5 Å². The second kappa shape index (κ2) is 7.97. The molecule has 0 radical (unpaired) electrons. The zero-order valence-electron chi connectivity index (χ0n) is 16.1. The van der Waals surface area contributed by atoms with Crippen LogP contribution in [0.1, 0.15) is 31.7 Å². The molecular weight excluding hydrogens is 382 g/mol. The van der Waals surface area contributed by atoms with Crippen LogP contribution in [0.25, 0.3) is 11.0 Å². The van der Waals surface area contributed by atoms with Crippen molar-refractivity contribution in [1.82, 2.24) is 19.8 Å². The molecule has 2 atom stereocenters. The first-order valence-electron chi connectivity index (χ1n) is 9.46. The van der Waals surface area contributed by atoms with E-state index in [1.165, 1.54) is 11.0 Å². The van der Waals surface area contributed by atoms with Crippen LogP contribution in [0.15, 0.2) is 23.0 Å². The van der Waals surface area contributed by atoms with E-state index >= 15 is 0 Å². The molecule has 9 heteroatoms. The van der Waals surface area contributed by atoms with Gasteiger partial charge in [0.15, 0.2) is 0 Å². The van der Waals surface area contributed by atoms with Gasteiger partial charge in [-0.2, -0.15) is 0 Å². The van der Waals surface area contributed by atoms with Gasteiger partial charge in [0.1, 0.15) is 6.04 Å². The number of likely N-dealkylation sites (N-methyl/N-ethyl adjacent to an activating group) is 1. The highest BCUT2D eigenvalue weighted by Crippen LogP contribution is 2.27. The van der Waals surface area contributed by atoms with E-state index in [1.807, 2.05) is 25.2 Å². The van der Waals surface area contributed by atoms with Crippen molar-refractivity contribution in [3.63, 3.8) is 0 Å². The summed E-state index contributed by atoms with van der Waals surface area (Å²) < 4.78 is 3.11. The van der Waals surface area contributed by atoms with Crippen molar-refractivity contribution in [3.8, 4) is 0 Å². The number of aryl methyl sites for hydroxylation is 1. The second-order valence-corrected chi connectivity index (χ2v) is 7.43. The van der Waals surface area contributed by atoms with E-state index in [9.17, 15) is 14.4 Å². The Hall–Kier alpha value is -2.32.